The van der Waals surface area contributed by atoms with E-state index < -0.39 is 0 Å². The Morgan fingerprint density at radius 3 is 2.70 bits per heavy atom. The Morgan fingerprint density at radius 1 is 1.35 bits per heavy atom. The van der Waals surface area contributed by atoms with E-state index in [0.29, 0.717) is 12.1 Å². The van der Waals surface area contributed by atoms with Gasteiger partial charge in [0.05, 0.1) is 22.3 Å². The fraction of sp³-hybridized carbons (Fsp3) is 0.400. The molecule has 0 amide bonds. The first kappa shape index (κ1) is 14.9. The normalized spacial score (nSPS) is 10.8. The summed E-state index contributed by atoms with van der Waals surface area (Å²) in [6, 6.07) is 5.51. The molecule has 0 fully saturated rings. The van der Waals surface area contributed by atoms with Gasteiger partial charge in [-0.2, -0.15) is 5.10 Å². The van der Waals surface area contributed by atoms with Crippen LogP contribution < -0.4 is 0 Å². The first-order chi connectivity index (χ1) is 9.56. The van der Waals surface area contributed by atoms with Crippen molar-refractivity contribution in [3.8, 4) is 0 Å². The molecule has 20 heavy (non-hydrogen) atoms. The summed E-state index contributed by atoms with van der Waals surface area (Å²) in [5.41, 5.74) is 3.29. The van der Waals surface area contributed by atoms with E-state index in [-0.39, 0.29) is 5.78 Å². The van der Waals surface area contributed by atoms with Crippen molar-refractivity contribution in [3.05, 3.63) is 45.4 Å². The summed E-state index contributed by atoms with van der Waals surface area (Å²) in [4.78, 5) is 16.6. The number of rotatable bonds is 5. The Morgan fingerprint density at radius 2 is 2.10 bits per heavy atom. The van der Waals surface area contributed by atoms with Crippen molar-refractivity contribution in [2.45, 2.75) is 40.2 Å². The van der Waals surface area contributed by atoms with Crippen LogP contribution in [0.5, 0.6) is 0 Å². The number of aromatic nitrogens is 3. The molecule has 0 aliphatic heterocycles. The summed E-state index contributed by atoms with van der Waals surface area (Å²) in [6.45, 7) is 6.72. The number of Topliss-reactive ketones (excluding diaryl/α,β-unsaturated/α-hetero) is 1. The lowest BCUT2D eigenvalue weighted by atomic mass is 10.1. The maximum absolute atomic E-state index is 12.4. The Bertz CT molecular complexity index is 634. The smallest absolute Gasteiger partial charge is 0.187 e. The van der Waals surface area contributed by atoms with Gasteiger partial charge in [-0.3, -0.25) is 14.5 Å². The van der Waals surface area contributed by atoms with Crippen molar-refractivity contribution < 1.29 is 4.79 Å². The van der Waals surface area contributed by atoms with E-state index in [1.807, 2.05) is 30.7 Å². The largest absolute Gasteiger partial charge is 0.292 e. The predicted octanol–water partition coefficient (Wildman–Crippen LogP) is 3.36. The third-order valence-electron chi connectivity index (χ3n) is 3.20. The first-order valence-corrected chi connectivity index (χ1v) is 7.57. The van der Waals surface area contributed by atoms with E-state index in [2.05, 4.69) is 32.9 Å². The quantitative estimate of drug-likeness (QED) is 0.787. The highest BCUT2D eigenvalue weighted by atomic mass is 79.9. The second kappa shape index (κ2) is 6.31. The van der Waals surface area contributed by atoms with Gasteiger partial charge in [-0.1, -0.05) is 13.0 Å². The molecule has 0 spiro atoms. The molecule has 0 unspecified atom stereocenters. The van der Waals surface area contributed by atoms with E-state index in [1.54, 1.807) is 6.07 Å². The molecule has 0 N–H and O–H groups in total. The van der Waals surface area contributed by atoms with Gasteiger partial charge in [-0.05, 0) is 48.3 Å². The molecule has 0 radical (unpaired) electrons. The van der Waals surface area contributed by atoms with E-state index in [0.717, 1.165) is 34.5 Å². The van der Waals surface area contributed by atoms with Crippen molar-refractivity contribution in [2.24, 2.45) is 0 Å². The van der Waals surface area contributed by atoms with Gasteiger partial charge in [-0.15, -0.1) is 0 Å². The minimum absolute atomic E-state index is 0.0200. The lowest BCUT2D eigenvalue weighted by Crippen LogP contribution is -2.11. The summed E-state index contributed by atoms with van der Waals surface area (Å²) in [6.07, 6.45) is 1.16. The van der Waals surface area contributed by atoms with Crippen LogP contribution in [0.4, 0.5) is 0 Å². The highest BCUT2D eigenvalue weighted by Gasteiger charge is 2.18. The molecule has 0 bridgehead atoms. The summed E-state index contributed by atoms with van der Waals surface area (Å²) in [7, 11) is 0. The first-order valence-electron chi connectivity index (χ1n) is 6.77. The number of hydrogen-bond donors (Lipinski definition) is 0. The Labute approximate surface area is 127 Å². The molecule has 106 valence electrons. The Hall–Kier alpha value is -1.49. The molecular formula is C15H18BrN3O. The number of carbonyl (C=O) groups excluding carboxylic acids is 1. The third-order valence-corrected chi connectivity index (χ3v) is 4.11. The van der Waals surface area contributed by atoms with Crippen molar-refractivity contribution in [1.29, 1.82) is 0 Å². The number of pyridine rings is 1. The molecule has 2 heterocycles. The highest BCUT2D eigenvalue weighted by molar-refractivity contribution is 9.10. The summed E-state index contributed by atoms with van der Waals surface area (Å²) >= 11 is 3.56. The molecule has 2 rings (SSSR count). The fourth-order valence-electron chi connectivity index (χ4n) is 2.13. The number of halogens is 1. The summed E-state index contributed by atoms with van der Waals surface area (Å²) in [5, 5.41) is 4.51. The van der Waals surface area contributed by atoms with E-state index in [1.165, 1.54) is 0 Å². The van der Waals surface area contributed by atoms with Crippen LogP contribution in [0.3, 0.4) is 0 Å². The molecular weight excluding hydrogens is 318 g/mol. The molecule has 4 nitrogen and oxygen atoms in total. The van der Waals surface area contributed by atoms with Gasteiger partial charge in [0.25, 0.3) is 0 Å². The maximum atomic E-state index is 12.4. The van der Waals surface area contributed by atoms with Crippen molar-refractivity contribution in [3.63, 3.8) is 0 Å². The van der Waals surface area contributed by atoms with Crippen molar-refractivity contribution in [2.75, 3.05) is 0 Å². The zero-order valence-electron chi connectivity index (χ0n) is 12.0. The zero-order valence-corrected chi connectivity index (χ0v) is 13.6. The molecule has 2 aromatic heterocycles. The van der Waals surface area contributed by atoms with Gasteiger partial charge < -0.3 is 0 Å². The Kier molecular flexibility index (Phi) is 4.70. The zero-order chi connectivity index (χ0) is 14.7. The molecule has 0 saturated carbocycles. The van der Waals surface area contributed by atoms with Gasteiger partial charge in [0.2, 0.25) is 0 Å². The predicted molar refractivity (Wildman–Crippen MR) is 82.0 cm³/mol. The second-order valence-corrected chi connectivity index (χ2v) is 5.43. The monoisotopic (exact) mass is 335 g/mol. The Balaban J connectivity index is 2.30. The minimum atomic E-state index is 0.0200. The van der Waals surface area contributed by atoms with Crippen LogP contribution >= 0.6 is 15.9 Å². The van der Waals surface area contributed by atoms with Gasteiger partial charge in [0.15, 0.2) is 5.78 Å². The molecule has 0 atom stereocenters. The molecule has 0 aliphatic carbocycles. The van der Waals surface area contributed by atoms with Gasteiger partial charge in [-0.25, -0.2) is 0 Å². The number of nitrogens with zero attached hydrogens (tertiary/aromatic N) is 3. The van der Waals surface area contributed by atoms with Crippen LogP contribution in [0.2, 0.25) is 0 Å². The standard InChI is InChI=1S/C15H18BrN3O/c1-4-11-15(16)13(19(5-2)18-11)9-14(20)12-8-6-7-10(3)17-12/h6-8H,4-5,9H2,1-3H3. The van der Waals surface area contributed by atoms with E-state index >= 15 is 0 Å². The highest BCUT2D eigenvalue weighted by Crippen LogP contribution is 2.23. The second-order valence-electron chi connectivity index (χ2n) is 4.64. The van der Waals surface area contributed by atoms with Crippen LogP contribution in [0.15, 0.2) is 22.7 Å². The molecule has 0 aromatic carbocycles. The molecule has 0 aliphatic rings. The average Bonchev–Trinajstić information content (AvgIpc) is 2.75. The van der Waals surface area contributed by atoms with Gasteiger partial charge >= 0.3 is 0 Å². The summed E-state index contributed by atoms with van der Waals surface area (Å²) in [5.74, 6) is 0.0200. The van der Waals surface area contributed by atoms with Crippen LogP contribution in [-0.2, 0) is 19.4 Å². The molecule has 5 heteroatoms. The van der Waals surface area contributed by atoms with Crippen LogP contribution in [0.1, 0.15) is 41.4 Å². The third kappa shape index (κ3) is 2.98. The molecule has 2 aromatic rings. The molecule has 0 saturated heterocycles. The van der Waals surface area contributed by atoms with Crippen LogP contribution in [-0.4, -0.2) is 20.5 Å². The van der Waals surface area contributed by atoms with Crippen molar-refractivity contribution >= 4 is 21.7 Å². The van der Waals surface area contributed by atoms with E-state index in [9.17, 15) is 4.79 Å². The van der Waals surface area contributed by atoms with Gasteiger partial charge in [0, 0.05) is 12.2 Å². The SMILES string of the molecule is CCc1nn(CC)c(CC(=O)c2cccc(C)n2)c1Br. The summed E-state index contributed by atoms with van der Waals surface area (Å²) < 4.78 is 2.83. The number of carbonyl (C=O) groups is 1. The van der Waals surface area contributed by atoms with Crippen LogP contribution in [0, 0.1) is 6.92 Å². The van der Waals surface area contributed by atoms with Crippen LogP contribution in [0.25, 0.3) is 0 Å². The minimum Gasteiger partial charge on any atom is -0.292 e. The lowest BCUT2D eigenvalue weighted by molar-refractivity contribution is 0.0985. The number of hydrogen-bond acceptors (Lipinski definition) is 3. The number of ketones is 1. The maximum Gasteiger partial charge on any atom is 0.187 e. The van der Waals surface area contributed by atoms with E-state index in [4.69, 9.17) is 0 Å². The topological polar surface area (TPSA) is 47.8 Å². The lowest BCUT2D eigenvalue weighted by Gasteiger charge is -2.05. The number of aryl methyl sites for hydroxylation is 3. The average molecular weight is 336 g/mol. The fourth-order valence-corrected chi connectivity index (χ4v) is 2.83. The van der Waals surface area contributed by atoms with Crippen molar-refractivity contribution in [1.82, 2.24) is 14.8 Å². The van der Waals surface area contributed by atoms with Gasteiger partial charge in [0.1, 0.15) is 5.69 Å².